The molecule has 0 heterocycles. The van der Waals surface area contributed by atoms with Gasteiger partial charge in [0.25, 0.3) is 0 Å². The van der Waals surface area contributed by atoms with Gasteiger partial charge in [0, 0.05) is 6.42 Å². The molecule has 0 bridgehead atoms. The predicted octanol–water partition coefficient (Wildman–Crippen LogP) is 5.40. The molecule has 0 aliphatic heterocycles. The lowest BCUT2D eigenvalue weighted by Gasteiger charge is -2.17. The monoisotopic (exact) mass is 447 g/mol. The zero-order valence-corrected chi connectivity index (χ0v) is 17.7. The van der Waals surface area contributed by atoms with Crippen LogP contribution in [0.5, 0.6) is 0 Å². The molecule has 0 aliphatic rings. The van der Waals surface area contributed by atoms with Crippen molar-refractivity contribution in [1.29, 1.82) is 0 Å². The molecule has 2 aromatic rings. The molecule has 0 aliphatic carbocycles. The summed E-state index contributed by atoms with van der Waals surface area (Å²) in [7, 11) is 0. The Labute approximate surface area is 166 Å². The van der Waals surface area contributed by atoms with Gasteiger partial charge in [0.05, 0.1) is 0 Å². The van der Waals surface area contributed by atoms with Crippen LogP contribution >= 0.6 is 18.9 Å². The van der Waals surface area contributed by atoms with Crippen LogP contribution in [0.1, 0.15) is 38.7 Å². The molecule has 7 radical (unpaired) electrons. The molecule has 121 valence electrons. The van der Waals surface area contributed by atoms with Crippen LogP contribution in [-0.2, 0) is 5.60 Å². The zero-order valence-electron chi connectivity index (χ0n) is 14.2. The fourth-order valence-electron chi connectivity index (χ4n) is 2.20. The van der Waals surface area contributed by atoms with Crippen molar-refractivity contribution in [2.24, 2.45) is 0 Å². The highest BCUT2D eigenvalue weighted by atomic mass is 127. The highest BCUT2D eigenvalue weighted by molar-refractivity contribution is 14.1. The van der Waals surface area contributed by atoms with E-state index in [1.54, 1.807) is 19.1 Å². The SMILES string of the molecule is CCCCC#CC(C)(O)c1ccc(-c2ccc(F)cc2)cc1.[Mg+2][I]. The average Bonchev–Trinajstić information content (AvgIpc) is 2.61. The third-order valence-electron chi connectivity index (χ3n) is 3.61. The standard InChI is InChI=1S/C20H21FO.HI.Mg/c1-3-4-5-6-15-20(2,22)18-11-7-16(8-12-18)17-9-13-19(21)14-10-17;;/h7-14,22H,3-5H2,1-2H3;1H;/q;;+3/p-1. The van der Waals surface area contributed by atoms with Crippen LogP contribution in [0.4, 0.5) is 4.39 Å². The smallest absolute Gasteiger partial charge is 0.374 e. The second kappa shape index (κ2) is 11.1. The van der Waals surface area contributed by atoms with Gasteiger partial charge < -0.3 is 5.11 Å². The maximum absolute atomic E-state index is 12.9. The summed E-state index contributed by atoms with van der Waals surface area (Å²) in [6.07, 6.45) is 2.95. The van der Waals surface area contributed by atoms with Crippen LogP contribution in [0.25, 0.3) is 11.1 Å². The fourth-order valence-corrected chi connectivity index (χ4v) is 2.20. The molecule has 24 heavy (non-hydrogen) atoms. The minimum absolute atomic E-state index is 0.245. The Hall–Kier alpha value is -0.614. The molecular formula is C20H21FIMgO+2. The Kier molecular flexibility index (Phi) is 9.90. The summed E-state index contributed by atoms with van der Waals surface area (Å²) in [5.41, 5.74) is 1.55. The van der Waals surface area contributed by atoms with E-state index in [1.165, 1.54) is 12.1 Å². The van der Waals surface area contributed by atoms with E-state index in [0.717, 1.165) is 36.0 Å². The van der Waals surface area contributed by atoms with E-state index in [2.05, 4.69) is 37.6 Å². The van der Waals surface area contributed by atoms with Crippen molar-refractivity contribution < 1.29 is 9.50 Å². The largest absolute Gasteiger partial charge is 1.49 e. The highest BCUT2D eigenvalue weighted by Gasteiger charge is 2.19. The van der Waals surface area contributed by atoms with E-state index >= 15 is 0 Å². The van der Waals surface area contributed by atoms with Gasteiger partial charge in [0.15, 0.2) is 0 Å². The molecule has 2 rings (SSSR count). The quantitative estimate of drug-likeness (QED) is 0.288. The summed E-state index contributed by atoms with van der Waals surface area (Å²) >= 11 is 4.01. The molecule has 0 saturated heterocycles. The Morgan fingerprint density at radius 2 is 1.54 bits per heavy atom. The molecule has 2 aromatic carbocycles. The summed E-state index contributed by atoms with van der Waals surface area (Å²) in [5, 5.41) is 10.5. The molecular weight excluding hydrogens is 426 g/mol. The number of rotatable bonds is 4. The molecule has 0 saturated carbocycles. The molecule has 0 amide bonds. The van der Waals surface area contributed by atoms with Gasteiger partial charge >= 0.3 is 36.7 Å². The van der Waals surface area contributed by atoms with Crippen molar-refractivity contribution in [3.05, 3.63) is 59.9 Å². The Balaban J connectivity index is 0.00000139. The maximum atomic E-state index is 12.9. The van der Waals surface area contributed by atoms with Gasteiger partial charge in [0.2, 0.25) is 0 Å². The molecule has 1 unspecified atom stereocenters. The average molecular weight is 448 g/mol. The van der Waals surface area contributed by atoms with Gasteiger partial charge in [-0.15, -0.1) is 0 Å². The number of hydrogen-bond acceptors (Lipinski definition) is 1. The van der Waals surface area contributed by atoms with Crippen molar-refractivity contribution in [3.63, 3.8) is 0 Å². The van der Waals surface area contributed by atoms with E-state index in [1.807, 2.05) is 42.1 Å². The Morgan fingerprint density at radius 1 is 1.04 bits per heavy atom. The normalized spacial score (nSPS) is 12.2. The predicted molar refractivity (Wildman–Crippen MR) is 108 cm³/mol. The van der Waals surface area contributed by atoms with Gasteiger partial charge in [0.1, 0.15) is 11.4 Å². The Morgan fingerprint density at radius 3 is 2.04 bits per heavy atom. The first kappa shape index (κ1) is 21.4. The van der Waals surface area contributed by atoms with Crippen LogP contribution in [0.3, 0.4) is 0 Å². The summed E-state index contributed by atoms with van der Waals surface area (Å²) in [6, 6.07) is 14.0. The number of aliphatic hydroxyl groups is 1. The summed E-state index contributed by atoms with van der Waals surface area (Å²) in [6.45, 7) is 3.83. The van der Waals surface area contributed by atoms with E-state index in [-0.39, 0.29) is 5.82 Å². The first-order valence-corrected chi connectivity index (χ1v) is 13.0. The zero-order chi connectivity index (χ0) is 18.0. The lowest BCUT2D eigenvalue weighted by Crippen LogP contribution is -2.18. The molecule has 4 heteroatoms. The van der Waals surface area contributed by atoms with E-state index in [9.17, 15) is 9.50 Å². The van der Waals surface area contributed by atoms with Crippen LogP contribution < -0.4 is 0 Å². The summed E-state index contributed by atoms with van der Waals surface area (Å²) < 4.78 is 12.9. The molecule has 0 spiro atoms. The fraction of sp³-hybridized carbons (Fsp3) is 0.300. The van der Waals surface area contributed by atoms with Crippen LogP contribution in [-0.4, -0.2) is 22.9 Å². The van der Waals surface area contributed by atoms with Gasteiger partial charge in [-0.2, -0.15) is 0 Å². The van der Waals surface area contributed by atoms with Gasteiger partial charge in [-0.1, -0.05) is 61.6 Å². The first-order valence-electron chi connectivity index (χ1n) is 7.88. The second-order valence-electron chi connectivity index (χ2n) is 5.56. The van der Waals surface area contributed by atoms with Gasteiger partial charge in [-0.25, -0.2) is 4.39 Å². The van der Waals surface area contributed by atoms with Gasteiger partial charge in [-0.05, 0) is 42.2 Å². The van der Waals surface area contributed by atoms with Crippen molar-refractivity contribution in [2.75, 3.05) is 0 Å². The van der Waals surface area contributed by atoms with Crippen LogP contribution in [0, 0.1) is 17.7 Å². The summed E-state index contributed by atoms with van der Waals surface area (Å²) in [5.74, 6) is 5.72. The number of benzene rings is 2. The number of hydrogen-bond donors (Lipinski definition) is 1. The topological polar surface area (TPSA) is 20.2 Å². The van der Waals surface area contributed by atoms with E-state index in [4.69, 9.17) is 0 Å². The second-order valence-corrected chi connectivity index (χ2v) is 5.56. The first-order chi connectivity index (χ1) is 11.5. The molecule has 1 N–H and O–H groups in total. The van der Waals surface area contributed by atoms with Crippen LogP contribution in [0.15, 0.2) is 48.5 Å². The van der Waals surface area contributed by atoms with Crippen LogP contribution in [0.2, 0.25) is 0 Å². The molecule has 1 atom stereocenters. The minimum atomic E-state index is -1.14. The number of unbranched alkanes of at least 4 members (excludes halogenated alkanes) is 2. The van der Waals surface area contributed by atoms with Crippen molar-refractivity contribution in [3.8, 4) is 23.0 Å². The summed E-state index contributed by atoms with van der Waals surface area (Å²) in [4.78, 5) is 0. The molecule has 0 aromatic heterocycles. The van der Waals surface area contributed by atoms with E-state index in [0.29, 0.717) is 0 Å². The molecule has 0 fully saturated rings. The maximum Gasteiger partial charge on any atom is 1.49 e. The van der Waals surface area contributed by atoms with Crippen molar-refractivity contribution in [2.45, 2.75) is 38.7 Å². The third-order valence-corrected chi connectivity index (χ3v) is 3.61. The van der Waals surface area contributed by atoms with Crippen molar-refractivity contribution in [1.82, 2.24) is 0 Å². The molecule has 1 nitrogen and oxygen atoms in total. The number of halogens is 2. The van der Waals surface area contributed by atoms with E-state index < -0.39 is 5.60 Å². The van der Waals surface area contributed by atoms with Gasteiger partial charge in [-0.3, -0.25) is 0 Å². The van der Waals surface area contributed by atoms with Crippen molar-refractivity contribution >= 4 is 36.7 Å². The Bertz CT molecular complexity index is 670. The highest BCUT2D eigenvalue weighted by Crippen LogP contribution is 2.25. The third kappa shape index (κ3) is 6.71. The lowest BCUT2D eigenvalue weighted by atomic mass is 9.94. The minimum Gasteiger partial charge on any atom is -0.374 e. The lowest BCUT2D eigenvalue weighted by molar-refractivity contribution is 0.122.